The van der Waals surface area contributed by atoms with Gasteiger partial charge in [0, 0.05) is 4.90 Å². The fraction of sp³-hybridized carbons (Fsp3) is 0.304. The second-order valence-corrected chi connectivity index (χ2v) is 7.37. The smallest absolute Gasteiger partial charge is 0.00843 e. The standard InChI is InChI=1S/C21H20S.C2H6/c1-4-9-22-17-11-15-5-7-18-13(2)10-14(3)19-8-6-16(12-17)20(15)21(18)19;1-2/h5-8,10-12H,4,9H2,1-3H3;1-2H3. The molecule has 0 fully saturated rings. The first-order valence-corrected chi connectivity index (χ1v) is 9.99. The van der Waals surface area contributed by atoms with Crippen LogP contribution in [0.15, 0.2) is 47.4 Å². The van der Waals surface area contributed by atoms with Gasteiger partial charge in [0.05, 0.1) is 0 Å². The van der Waals surface area contributed by atoms with Gasteiger partial charge in [0.15, 0.2) is 0 Å². The molecule has 124 valence electrons. The Morgan fingerprint density at radius 2 is 1.29 bits per heavy atom. The lowest BCUT2D eigenvalue weighted by atomic mass is 9.90. The summed E-state index contributed by atoms with van der Waals surface area (Å²) in [6.45, 7) is 10.7. The van der Waals surface area contributed by atoms with E-state index in [9.17, 15) is 0 Å². The molecule has 0 spiro atoms. The summed E-state index contributed by atoms with van der Waals surface area (Å²) < 4.78 is 0. The maximum absolute atomic E-state index is 2.36. The molecule has 4 aromatic rings. The van der Waals surface area contributed by atoms with E-state index in [1.54, 1.807) is 0 Å². The highest BCUT2D eigenvalue weighted by Crippen LogP contribution is 2.39. The van der Waals surface area contributed by atoms with E-state index in [2.05, 4.69) is 63.2 Å². The Bertz CT molecular complexity index is 912. The molecular formula is C23H26S. The van der Waals surface area contributed by atoms with Crippen molar-refractivity contribution in [2.24, 2.45) is 0 Å². The average molecular weight is 335 g/mol. The topological polar surface area (TPSA) is 0 Å². The van der Waals surface area contributed by atoms with Crippen LogP contribution in [-0.4, -0.2) is 5.75 Å². The van der Waals surface area contributed by atoms with Crippen molar-refractivity contribution < 1.29 is 0 Å². The van der Waals surface area contributed by atoms with Gasteiger partial charge < -0.3 is 0 Å². The molecule has 0 aliphatic carbocycles. The number of hydrogen-bond acceptors (Lipinski definition) is 1. The van der Waals surface area contributed by atoms with E-state index in [1.807, 2.05) is 25.6 Å². The quantitative estimate of drug-likeness (QED) is 0.273. The summed E-state index contributed by atoms with van der Waals surface area (Å²) in [5.41, 5.74) is 2.76. The first-order chi connectivity index (χ1) is 11.7. The van der Waals surface area contributed by atoms with Crippen LogP contribution in [-0.2, 0) is 0 Å². The van der Waals surface area contributed by atoms with E-state index in [0.717, 1.165) is 0 Å². The fourth-order valence-electron chi connectivity index (χ4n) is 3.58. The lowest BCUT2D eigenvalue weighted by Gasteiger charge is -2.15. The van der Waals surface area contributed by atoms with Crippen LogP contribution < -0.4 is 0 Å². The summed E-state index contributed by atoms with van der Waals surface area (Å²) in [6.07, 6.45) is 1.22. The molecular weight excluding hydrogens is 308 g/mol. The Labute approximate surface area is 149 Å². The number of benzene rings is 4. The molecule has 0 atom stereocenters. The van der Waals surface area contributed by atoms with Gasteiger partial charge in [-0.25, -0.2) is 0 Å². The predicted octanol–water partition coefficient (Wildman–Crippen LogP) is 7.73. The van der Waals surface area contributed by atoms with E-state index in [0.29, 0.717) is 0 Å². The molecule has 0 nitrogen and oxygen atoms in total. The van der Waals surface area contributed by atoms with Gasteiger partial charge in [-0.3, -0.25) is 0 Å². The lowest BCUT2D eigenvalue weighted by Crippen LogP contribution is -1.89. The Hall–Kier alpha value is -1.73. The molecule has 0 radical (unpaired) electrons. The Morgan fingerprint density at radius 1 is 0.750 bits per heavy atom. The van der Waals surface area contributed by atoms with Crippen LogP contribution in [0.2, 0.25) is 0 Å². The molecule has 0 N–H and O–H groups in total. The van der Waals surface area contributed by atoms with E-state index < -0.39 is 0 Å². The Balaban J connectivity index is 0.000000815. The predicted molar refractivity (Wildman–Crippen MR) is 112 cm³/mol. The van der Waals surface area contributed by atoms with Crippen molar-refractivity contribution in [3.63, 3.8) is 0 Å². The Kier molecular flexibility index (Phi) is 5.01. The number of hydrogen-bond donors (Lipinski definition) is 0. The second kappa shape index (κ2) is 7.03. The van der Waals surface area contributed by atoms with Gasteiger partial charge in [-0.1, -0.05) is 51.1 Å². The van der Waals surface area contributed by atoms with Crippen LogP contribution in [0.25, 0.3) is 32.3 Å². The SMILES string of the molecule is CC.CCCSc1cc2ccc3c(C)cc(C)c4ccc(c1)c2c34. The summed E-state index contributed by atoms with van der Waals surface area (Å²) in [5.74, 6) is 1.19. The van der Waals surface area contributed by atoms with Gasteiger partial charge in [0.2, 0.25) is 0 Å². The number of aryl methyl sites for hydroxylation is 2. The van der Waals surface area contributed by atoms with Crippen LogP contribution >= 0.6 is 11.8 Å². The zero-order valence-electron chi connectivity index (χ0n) is 15.4. The average Bonchev–Trinajstić information content (AvgIpc) is 2.61. The molecule has 1 heteroatoms. The maximum Gasteiger partial charge on any atom is 0.00843 e. The molecule has 0 heterocycles. The number of thioether (sulfide) groups is 1. The molecule has 24 heavy (non-hydrogen) atoms. The van der Waals surface area contributed by atoms with Crippen molar-refractivity contribution in [2.75, 3.05) is 5.75 Å². The summed E-state index contributed by atoms with van der Waals surface area (Å²) in [5, 5.41) is 8.42. The minimum absolute atomic E-state index is 1.19. The van der Waals surface area contributed by atoms with E-state index in [4.69, 9.17) is 0 Å². The summed E-state index contributed by atoms with van der Waals surface area (Å²) in [7, 11) is 0. The molecule has 0 saturated carbocycles. The lowest BCUT2D eigenvalue weighted by molar-refractivity contribution is 1.10. The number of rotatable bonds is 3. The van der Waals surface area contributed by atoms with Gasteiger partial charge in [0.1, 0.15) is 0 Å². The van der Waals surface area contributed by atoms with E-state index >= 15 is 0 Å². The van der Waals surface area contributed by atoms with Crippen molar-refractivity contribution in [3.8, 4) is 0 Å². The molecule has 0 aliphatic rings. The molecule has 0 amide bonds. The normalized spacial score (nSPS) is 11.2. The van der Waals surface area contributed by atoms with Crippen molar-refractivity contribution >= 4 is 44.1 Å². The highest BCUT2D eigenvalue weighted by molar-refractivity contribution is 7.99. The van der Waals surface area contributed by atoms with Gasteiger partial charge in [-0.15, -0.1) is 11.8 Å². The first kappa shape index (κ1) is 17.1. The van der Waals surface area contributed by atoms with Crippen LogP contribution in [0.3, 0.4) is 0 Å². The summed E-state index contributed by atoms with van der Waals surface area (Å²) in [4.78, 5) is 1.39. The zero-order valence-corrected chi connectivity index (χ0v) is 16.2. The third-order valence-electron chi connectivity index (χ3n) is 4.58. The van der Waals surface area contributed by atoms with Gasteiger partial charge >= 0.3 is 0 Å². The molecule has 0 saturated heterocycles. The van der Waals surface area contributed by atoms with Crippen molar-refractivity contribution in [1.29, 1.82) is 0 Å². The molecule has 0 aliphatic heterocycles. The van der Waals surface area contributed by atoms with Crippen LogP contribution in [0.1, 0.15) is 38.3 Å². The Morgan fingerprint density at radius 3 is 1.79 bits per heavy atom. The molecule has 4 aromatic carbocycles. The van der Waals surface area contributed by atoms with E-state index in [-0.39, 0.29) is 0 Å². The fourth-order valence-corrected chi connectivity index (χ4v) is 4.44. The molecule has 0 bridgehead atoms. The van der Waals surface area contributed by atoms with Crippen molar-refractivity contribution in [2.45, 2.75) is 45.9 Å². The highest BCUT2D eigenvalue weighted by atomic mass is 32.2. The summed E-state index contributed by atoms with van der Waals surface area (Å²) >= 11 is 1.96. The minimum atomic E-state index is 1.19. The monoisotopic (exact) mass is 334 g/mol. The van der Waals surface area contributed by atoms with Crippen molar-refractivity contribution in [1.82, 2.24) is 0 Å². The first-order valence-electron chi connectivity index (χ1n) is 9.00. The highest BCUT2D eigenvalue weighted by Gasteiger charge is 2.12. The third kappa shape index (κ3) is 2.75. The molecule has 4 rings (SSSR count). The van der Waals surface area contributed by atoms with Crippen molar-refractivity contribution in [3.05, 3.63) is 53.6 Å². The molecule has 0 unspecified atom stereocenters. The zero-order chi connectivity index (χ0) is 17.3. The molecule has 0 aromatic heterocycles. The van der Waals surface area contributed by atoms with Crippen LogP contribution in [0.5, 0.6) is 0 Å². The van der Waals surface area contributed by atoms with Crippen LogP contribution in [0, 0.1) is 13.8 Å². The second-order valence-electron chi connectivity index (χ2n) is 6.20. The third-order valence-corrected chi connectivity index (χ3v) is 5.76. The largest absolute Gasteiger partial charge is 0.126 e. The minimum Gasteiger partial charge on any atom is -0.126 e. The van der Waals surface area contributed by atoms with Gasteiger partial charge in [-0.2, -0.15) is 0 Å². The van der Waals surface area contributed by atoms with Gasteiger partial charge in [-0.05, 0) is 81.6 Å². The van der Waals surface area contributed by atoms with E-state index in [1.165, 1.54) is 60.5 Å². The summed E-state index contributed by atoms with van der Waals surface area (Å²) in [6, 6.07) is 16.2. The van der Waals surface area contributed by atoms with Gasteiger partial charge in [0.25, 0.3) is 0 Å². The maximum atomic E-state index is 2.36. The van der Waals surface area contributed by atoms with Crippen LogP contribution in [0.4, 0.5) is 0 Å².